The molecule has 0 saturated carbocycles. The zero-order valence-corrected chi connectivity index (χ0v) is 17.3. The maximum absolute atomic E-state index is 12.0. The molecule has 0 aliphatic rings. The highest BCUT2D eigenvalue weighted by Crippen LogP contribution is 2.21. The van der Waals surface area contributed by atoms with Crippen LogP contribution in [0.15, 0.2) is 72.0 Å². The number of carbonyl (C=O) groups is 1. The lowest BCUT2D eigenvalue weighted by Crippen LogP contribution is -2.26. The number of esters is 1. The first-order valence-electron chi connectivity index (χ1n) is 8.86. The Hall–Kier alpha value is -3.01. The average molecular weight is 448 g/mol. The van der Waals surface area contributed by atoms with Crippen molar-refractivity contribution in [2.75, 3.05) is 6.54 Å². The van der Waals surface area contributed by atoms with E-state index in [9.17, 15) is 13.2 Å². The standard InChI is InChI=1S/C20H18ClN3O5S/c21-16-4-6-17(7-5-16)29-19-8-3-15(12-23-19)14-28-20(25)9-11-24-30(26,27)18-2-1-10-22-13-18/h1-8,10,12-13,24H,9,11,14H2. The number of pyridine rings is 2. The topological polar surface area (TPSA) is 107 Å². The molecule has 0 bridgehead atoms. The molecule has 0 fully saturated rings. The van der Waals surface area contributed by atoms with Gasteiger partial charge in [0.1, 0.15) is 17.3 Å². The first-order valence-corrected chi connectivity index (χ1v) is 10.7. The van der Waals surface area contributed by atoms with Gasteiger partial charge in [0, 0.05) is 41.8 Å². The summed E-state index contributed by atoms with van der Waals surface area (Å²) in [5, 5.41) is 0.609. The normalized spacial score (nSPS) is 11.1. The third-order valence-corrected chi connectivity index (χ3v) is 5.50. The van der Waals surface area contributed by atoms with Crippen molar-refractivity contribution >= 4 is 27.6 Å². The molecular weight excluding hydrogens is 430 g/mol. The minimum Gasteiger partial charge on any atom is -0.461 e. The summed E-state index contributed by atoms with van der Waals surface area (Å²) >= 11 is 5.83. The van der Waals surface area contributed by atoms with Gasteiger partial charge in [-0.15, -0.1) is 0 Å². The quantitative estimate of drug-likeness (QED) is 0.501. The van der Waals surface area contributed by atoms with Gasteiger partial charge in [-0.3, -0.25) is 9.78 Å². The summed E-state index contributed by atoms with van der Waals surface area (Å²) in [6.07, 6.45) is 4.13. The number of hydrogen-bond donors (Lipinski definition) is 1. The molecule has 0 amide bonds. The molecule has 30 heavy (non-hydrogen) atoms. The third-order valence-electron chi connectivity index (χ3n) is 3.80. The van der Waals surface area contributed by atoms with Crippen molar-refractivity contribution in [2.24, 2.45) is 0 Å². The van der Waals surface area contributed by atoms with Crippen LogP contribution in [0.5, 0.6) is 11.6 Å². The number of sulfonamides is 1. The third kappa shape index (κ3) is 6.51. The highest BCUT2D eigenvalue weighted by Gasteiger charge is 2.14. The Bertz CT molecular complexity index is 1080. The maximum atomic E-state index is 12.0. The average Bonchev–Trinajstić information content (AvgIpc) is 2.75. The van der Waals surface area contributed by atoms with Crippen LogP contribution in [0.1, 0.15) is 12.0 Å². The highest BCUT2D eigenvalue weighted by molar-refractivity contribution is 7.89. The molecule has 2 aromatic heterocycles. The van der Waals surface area contributed by atoms with Crippen molar-refractivity contribution in [1.29, 1.82) is 0 Å². The number of aromatic nitrogens is 2. The van der Waals surface area contributed by atoms with Crippen LogP contribution in [0.2, 0.25) is 5.02 Å². The molecule has 0 aliphatic carbocycles. The molecule has 0 aliphatic heterocycles. The zero-order chi connectivity index (χ0) is 21.4. The molecule has 8 nitrogen and oxygen atoms in total. The van der Waals surface area contributed by atoms with Crippen LogP contribution >= 0.6 is 11.6 Å². The summed E-state index contributed by atoms with van der Waals surface area (Å²) in [6.45, 7) is -0.0649. The highest BCUT2D eigenvalue weighted by atomic mass is 35.5. The molecular formula is C20H18ClN3O5S. The van der Waals surface area contributed by atoms with Gasteiger partial charge in [-0.1, -0.05) is 11.6 Å². The molecule has 1 aromatic carbocycles. The van der Waals surface area contributed by atoms with Crippen molar-refractivity contribution in [3.63, 3.8) is 0 Å². The fraction of sp³-hybridized carbons (Fsp3) is 0.150. The number of ether oxygens (including phenoxy) is 2. The Morgan fingerprint density at radius 1 is 1.07 bits per heavy atom. The van der Waals surface area contributed by atoms with Gasteiger partial charge >= 0.3 is 5.97 Å². The van der Waals surface area contributed by atoms with E-state index in [2.05, 4.69) is 14.7 Å². The van der Waals surface area contributed by atoms with Gasteiger partial charge in [0.15, 0.2) is 0 Å². The van der Waals surface area contributed by atoms with Crippen LogP contribution in [-0.4, -0.2) is 30.9 Å². The molecule has 0 atom stereocenters. The van der Waals surface area contributed by atoms with Gasteiger partial charge in [0.05, 0.1) is 6.42 Å². The van der Waals surface area contributed by atoms with Gasteiger partial charge in [-0.05, 0) is 42.5 Å². The van der Waals surface area contributed by atoms with Crippen molar-refractivity contribution < 1.29 is 22.7 Å². The lowest BCUT2D eigenvalue weighted by Gasteiger charge is -2.08. The van der Waals surface area contributed by atoms with E-state index in [0.29, 0.717) is 22.2 Å². The second-order valence-electron chi connectivity index (χ2n) is 6.06. The second-order valence-corrected chi connectivity index (χ2v) is 8.26. The molecule has 3 rings (SSSR count). The van der Waals surface area contributed by atoms with Gasteiger partial charge in [-0.25, -0.2) is 18.1 Å². The van der Waals surface area contributed by atoms with Crippen LogP contribution in [0.3, 0.4) is 0 Å². The minimum absolute atomic E-state index is 0.0163. The van der Waals surface area contributed by atoms with Gasteiger partial charge in [0.2, 0.25) is 15.9 Å². The molecule has 0 unspecified atom stereocenters. The van der Waals surface area contributed by atoms with Crippen molar-refractivity contribution in [3.05, 3.63) is 77.7 Å². The van der Waals surface area contributed by atoms with Crippen LogP contribution in [0, 0.1) is 0 Å². The SMILES string of the molecule is O=C(CCNS(=O)(=O)c1cccnc1)OCc1ccc(Oc2ccc(Cl)cc2)nc1. The lowest BCUT2D eigenvalue weighted by molar-refractivity contribution is -0.144. The molecule has 0 saturated heterocycles. The number of nitrogens with zero attached hydrogens (tertiary/aromatic N) is 2. The predicted octanol–water partition coefficient (Wildman–Crippen LogP) is 3.33. The first-order chi connectivity index (χ1) is 14.4. The number of halogens is 1. The Kier molecular flexibility index (Phi) is 7.34. The van der Waals surface area contributed by atoms with E-state index in [0.717, 1.165) is 0 Å². The Balaban J connectivity index is 1.42. The molecule has 3 aromatic rings. The molecule has 1 N–H and O–H groups in total. The van der Waals surface area contributed by atoms with Crippen molar-refractivity contribution in [3.8, 4) is 11.6 Å². The number of rotatable bonds is 9. The van der Waals surface area contributed by atoms with E-state index in [4.69, 9.17) is 21.1 Å². The van der Waals surface area contributed by atoms with Crippen LogP contribution in [0.25, 0.3) is 0 Å². The van der Waals surface area contributed by atoms with E-state index in [1.165, 1.54) is 30.7 Å². The van der Waals surface area contributed by atoms with Crippen LogP contribution < -0.4 is 9.46 Å². The molecule has 10 heteroatoms. The lowest BCUT2D eigenvalue weighted by atomic mass is 10.3. The Morgan fingerprint density at radius 3 is 2.53 bits per heavy atom. The van der Waals surface area contributed by atoms with Gasteiger partial charge in [-0.2, -0.15) is 0 Å². The van der Waals surface area contributed by atoms with Crippen molar-refractivity contribution in [2.45, 2.75) is 17.9 Å². The first kappa shape index (κ1) is 21.7. The number of hydrogen-bond acceptors (Lipinski definition) is 7. The Labute approximate surface area is 178 Å². The number of nitrogens with one attached hydrogen (secondary N) is 1. The number of benzene rings is 1. The van der Waals surface area contributed by atoms with Gasteiger partial charge < -0.3 is 9.47 Å². The van der Waals surface area contributed by atoms with E-state index in [1.807, 2.05) is 0 Å². The summed E-state index contributed by atoms with van der Waals surface area (Å²) in [5.74, 6) is 0.447. The second kappa shape index (κ2) is 10.1. The monoisotopic (exact) mass is 447 g/mol. The van der Waals surface area contributed by atoms with Crippen LogP contribution in [-0.2, 0) is 26.2 Å². The van der Waals surface area contributed by atoms with E-state index < -0.39 is 16.0 Å². The summed E-state index contributed by atoms with van der Waals surface area (Å²) in [7, 11) is -3.71. The van der Waals surface area contributed by atoms with E-state index in [1.54, 1.807) is 36.4 Å². The summed E-state index contributed by atoms with van der Waals surface area (Å²) < 4.78 is 37.1. The summed E-state index contributed by atoms with van der Waals surface area (Å²) in [4.78, 5) is 19.8. The zero-order valence-electron chi connectivity index (χ0n) is 15.7. The van der Waals surface area contributed by atoms with E-state index in [-0.39, 0.29) is 24.5 Å². The molecule has 2 heterocycles. The van der Waals surface area contributed by atoms with Crippen LogP contribution in [0.4, 0.5) is 0 Å². The van der Waals surface area contributed by atoms with E-state index >= 15 is 0 Å². The summed E-state index contributed by atoms with van der Waals surface area (Å²) in [5.41, 5.74) is 0.669. The fourth-order valence-electron chi connectivity index (χ4n) is 2.29. The Morgan fingerprint density at radius 2 is 1.87 bits per heavy atom. The largest absolute Gasteiger partial charge is 0.461 e. The van der Waals surface area contributed by atoms with Gasteiger partial charge in [0.25, 0.3) is 0 Å². The molecule has 156 valence electrons. The maximum Gasteiger partial charge on any atom is 0.307 e. The molecule has 0 radical (unpaired) electrons. The van der Waals surface area contributed by atoms with Crippen molar-refractivity contribution in [1.82, 2.24) is 14.7 Å². The number of carbonyl (C=O) groups excluding carboxylic acids is 1. The fourth-order valence-corrected chi connectivity index (χ4v) is 3.41. The minimum atomic E-state index is -3.71. The molecule has 0 spiro atoms. The summed E-state index contributed by atoms with van der Waals surface area (Å²) in [6, 6.07) is 13.2. The smallest absolute Gasteiger partial charge is 0.307 e. The predicted molar refractivity (Wildman–Crippen MR) is 110 cm³/mol.